The van der Waals surface area contributed by atoms with E-state index in [-0.39, 0.29) is 11.3 Å². The third kappa shape index (κ3) is 2.65. The Balaban J connectivity index is 1.91. The predicted octanol–water partition coefficient (Wildman–Crippen LogP) is 1.00. The largest absolute Gasteiger partial charge is 0.358 e. The molecule has 27 heavy (non-hydrogen) atoms. The van der Waals surface area contributed by atoms with Gasteiger partial charge in [-0.05, 0) is 17.1 Å². The molecule has 1 N–H and O–H groups in total. The van der Waals surface area contributed by atoms with Gasteiger partial charge in [0.25, 0.3) is 0 Å². The van der Waals surface area contributed by atoms with Crippen molar-refractivity contribution in [3.05, 3.63) is 58.2 Å². The third-order valence-corrected chi connectivity index (χ3v) is 4.28. The Morgan fingerprint density at radius 2 is 2.04 bits per heavy atom. The normalized spacial score (nSPS) is 11.2. The summed E-state index contributed by atoms with van der Waals surface area (Å²) >= 11 is 0. The lowest BCUT2D eigenvalue weighted by molar-refractivity contribution is -0.391. The van der Waals surface area contributed by atoms with E-state index in [0.717, 1.165) is 5.69 Å². The molecule has 0 saturated heterocycles. The lowest BCUT2D eigenvalue weighted by Gasteiger charge is -2.06. The number of pyridine rings is 1. The molecule has 0 unspecified atom stereocenters. The molecule has 4 heterocycles. The average Bonchev–Trinajstić information content (AvgIpc) is 3.19. The van der Waals surface area contributed by atoms with E-state index in [0.29, 0.717) is 29.1 Å². The van der Waals surface area contributed by atoms with E-state index in [1.54, 1.807) is 31.2 Å². The van der Waals surface area contributed by atoms with Gasteiger partial charge in [-0.1, -0.05) is 6.07 Å². The summed E-state index contributed by atoms with van der Waals surface area (Å²) < 4.78 is 4.53. The van der Waals surface area contributed by atoms with Crippen molar-refractivity contribution in [1.82, 2.24) is 33.9 Å². The van der Waals surface area contributed by atoms with Gasteiger partial charge in [-0.2, -0.15) is 5.10 Å². The van der Waals surface area contributed by atoms with Gasteiger partial charge in [0.1, 0.15) is 11.7 Å². The molecule has 11 nitrogen and oxygen atoms in total. The molecule has 0 fully saturated rings. The van der Waals surface area contributed by atoms with E-state index in [2.05, 4.69) is 20.1 Å². The summed E-state index contributed by atoms with van der Waals surface area (Å²) in [6.45, 7) is 0.373. The summed E-state index contributed by atoms with van der Waals surface area (Å²) in [5.41, 5.74) is 1.84. The van der Waals surface area contributed by atoms with Crippen molar-refractivity contribution < 1.29 is 4.92 Å². The third-order valence-electron chi connectivity index (χ3n) is 4.28. The molecule has 0 amide bonds. The molecule has 0 bridgehead atoms. The van der Waals surface area contributed by atoms with Gasteiger partial charge in [0, 0.05) is 13.2 Å². The monoisotopic (exact) mass is 365 g/mol. The smallest absolute Gasteiger partial charge is 0.342 e. The first-order valence-electron chi connectivity index (χ1n) is 8.00. The van der Waals surface area contributed by atoms with Crippen LogP contribution in [0.15, 0.2) is 36.9 Å². The second kappa shape index (κ2) is 6.12. The number of nitrogens with one attached hydrogen (secondary N) is 1. The second-order valence-corrected chi connectivity index (χ2v) is 5.97. The van der Waals surface area contributed by atoms with E-state index >= 15 is 0 Å². The Morgan fingerprint density at radius 1 is 1.22 bits per heavy atom. The molecule has 0 aromatic carbocycles. The van der Waals surface area contributed by atoms with E-state index < -0.39 is 4.92 Å². The summed E-state index contributed by atoms with van der Waals surface area (Å²) in [5, 5.41) is 24.6. The molecule has 0 atom stereocenters. The minimum absolute atomic E-state index is 0.152. The Morgan fingerprint density at radius 3 is 2.70 bits per heavy atom. The van der Waals surface area contributed by atoms with Crippen molar-refractivity contribution in [2.45, 2.75) is 6.54 Å². The standard InChI is InChI=1S/C16H15N9O2/c1-22-11(25(26)27)7-19-16(22)13-12-14(17)24(8-10-5-3-4-6-18-10)9-20-15(12)23(2)21-13/h3-7,9,17H,8H2,1-2H3. The van der Waals surface area contributed by atoms with Gasteiger partial charge in [-0.25, -0.2) is 19.2 Å². The maximum absolute atomic E-state index is 11.1. The van der Waals surface area contributed by atoms with Crippen LogP contribution in [0.2, 0.25) is 0 Å². The summed E-state index contributed by atoms with van der Waals surface area (Å²) in [5.74, 6) is 0.152. The number of imidazole rings is 1. The van der Waals surface area contributed by atoms with Crippen LogP contribution < -0.4 is 5.49 Å². The molecule has 0 radical (unpaired) electrons. The number of hydrogen-bond acceptors (Lipinski definition) is 7. The van der Waals surface area contributed by atoms with Crippen molar-refractivity contribution in [2.24, 2.45) is 14.1 Å². The molecular weight excluding hydrogens is 350 g/mol. The summed E-state index contributed by atoms with van der Waals surface area (Å²) in [6, 6.07) is 5.56. The van der Waals surface area contributed by atoms with Gasteiger partial charge < -0.3 is 14.7 Å². The fraction of sp³-hybridized carbons (Fsp3) is 0.188. The molecule has 4 rings (SSSR count). The van der Waals surface area contributed by atoms with Crippen LogP contribution in [0.25, 0.3) is 22.6 Å². The number of aryl methyl sites for hydroxylation is 1. The van der Waals surface area contributed by atoms with Crippen molar-refractivity contribution >= 4 is 16.9 Å². The minimum atomic E-state index is -0.511. The summed E-state index contributed by atoms with van der Waals surface area (Å²) in [4.78, 5) is 23.4. The van der Waals surface area contributed by atoms with E-state index in [4.69, 9.17) is 5.41 Å². The highest BCUT2D eigenvalue weighted by Gasteiger charge is 2.25. The Bertz CT molecular complexity index is 1220. The lowest BCUT2D eigenvalue weighted by atomic mass is 10.2. The number of rotatable bonds is 4. The first-order chi connectivity index (χ1) is 13.0. The van der Waals surface area contributed by atoms with Crippen LogP contribution in [0.3, 0.4) is 0 Å². The molecule has 136 valence electrons. The zero-order valence-electron chi connectivity index (χ0n) is 14.6. The topological polar surface area (TPSA) is 133 Å². The molecule has 0 spiro atoms. The maximum Gasteiger partial charge on any atom is 0.342 e. The van der Waals surface area contributed by atoms with Gasteiger partial charge in [0.2, 0.25) is 5.82 Å². The second-order valence-electron chi connectivity index (χ2n) is 5.97. The molecule has 0 aliphatic heterocycles. The predicted molar refractivity (Wildman–Crippen MR) is 94.5 cm³/mol. The van der Waals surface area contributed by atoms with Gasteiger partial charge in [-0.3, -0.25) is 10.4 Å². The number of hydrogen-bond donors (Lipinski definition) is 1. The number of nitrogens with zero attached hydrogens (tertiary/aromatic N) is 8. The van der Waals surface area contributed by atoms with Crippen LogP contribution in [0.4, 0.5) is 5.82 Å². The molecule has 4 aromatic rings. The minimum Gasteiger partial charge on any atom is -0.358 e. The molecule has 0 aliphatic carbocycles. The first kappa shape index (κ1) is 16.6. The first-order valence-corrected chi connectivity index (χ1v) is 8.00. The van der Waals surface area contributed by atoms with Crippen molar-refractivity contribution in [2.75, 3.05) is 0 Å². The zero-order chi connectivity index (χ0) is 19.1. The van der Waals surface area contributed by atoms with Crippen molar-refractivity contribution in [1.29, 1.82) is 5.41 Å². The van der Waals surface area contributed by atoms with Crippen molar-refractivity contribution in [3.63, 3.8) is 0 Å². The molecule has 0 aliphatic rings. The summed E-state index contributed by atoms with van der Waals surface area (Å²) in [6.07, 6.45) is 4.43. The van der Waals surface area contributed by atoms with Crippen LogP contribution in [0.5, 0.6) is 0 Å². The Kier molecular flexibility index (Phi) is 3.76. The summed E-state index contributed by atoms with van der Waals surface area (Å²) in [7, 11) is 3.25. The van der Waals surface area contributed by atoms with E-state index in [1.807, 2.05) is 18.2 Å². The fourth-order valence-corrected chi connectivity index (χ4v) is 2.94. The van der Waals surface area contributed by atoms with Crippen LogP contribution in [-0.4, -0.2) is 38.8 Å². The van der Waals surface area contributed by atoms with Crippen LogP contribution >= 0.6 is 0 Å². The zero-order valence-corrected chi connectivity index (χ0v) is 14.6. The Labute approximate surface area is 152 Å². The Hall–Kier alpha value is -3.89. The molecule has 0 saturated carbocycles. The van der Waals surface area contributed by atoms with Gasteiger partial charge in [0.15, 0.2) is 11.3 Å². The quantitative estimate of drug-likeness (QED) is 0.424. The highest BCUT2D eigenvalue weighted by atomic mass is 16.6. The molecule has 4 aromatic heterocycles. The molecular formula is C16H15N9O2. The van der Waals surface area contributed by atoms with Gasteiger partial charge in [-0.15, -0.1) is 0 Å². The maximum atomic E-state index is 11.1. The lowest BCUT2D eigenvalue weighted by Crippen LogP contribution is -2.22. The highest BCUT2D eigenvalue weighted by molar-refractivity contribution is 5.88. The fourth-order valence-electron chi connectivity index (χ4n) is 2.94. The van der Waals surface area contributed by atoms with Crippen LogP contribution in [-0.2, 0) is 20.6 Å². The number of fused-ring (bicyclic) bond motifs is 1. The van der Waals surface area contributed by atoms with Crippen LogP contribution in [0, 0.1) is 15.5 Å². The van der Waals surface area contributed by atoms with Gasteiger partial charge >= 0.3 is 5.82 Å². The molecule has 11 heteroatoms. The van der Waals surface area contributed by atoms with Gasteiger partial charge in [0.05, 0.1) is 31.0 Å². The average molecular weight is 365 g/mol. The van der Waals surface area contributed by atoms with Crippen molar-refractivity contribution in [3.8, 4) is 11.5 Å². The number of nitro groups is 1. The SMILES string of the molecule is Cn1c([N+](=O)[O-])cnc1-c1nn(C)c2ncn(Cc3ccccn3)c(=N)c12. The number of aromatic nitrogens is 7. The van der Waals surface area contributed by atoms with E-state index in [1.165, 1.54) is 15.4 Å². The van der Waals surface area contributed by atoms with Crippen LogP contribution in [0.1, 0.15) is 5.69 Å². The van der Waals surface area contributed by atoms with E-state index in [9.17, 15) is 10.1 Å². The highest BCUT2D eigenvalue weighted by Crippen LogP contribution is 2.25.